The zero-order valence-electron chi connectivity index (χ0n) is 12.1. The Morgan fingerprint density at radius 2 is 2.14 bits per heavy atom. The van der Waals surface area contributed by atoms with Gasteiger partial charge in [-0.15, -0.1) is 12.4 Å². The molecule has 1 aromatic heterocycles. The fraction of sp³-hybridized carbons (Fsp3) is 0.333. The Bertz CT molecular complexity index is 601. The van der Waals surface area contributed by atoms with Crippen molar-refractivity contribution in [1.29, 1.82) is 0 Å². The molecule has 2 aromatic rings. The average Bonchev–Trinajstić information content (AvgIpc) is 3.02. The van der Waals surface area contributed by atoms with Crippen molar-refractivity contribution in [3.8, 4) is 11.3 Å². The number of carbonyl (C=O) groups is 1. The number of halogens is 1. The monoisotopic (exact) mass is 323 g/mol. The minimum absolute atomic E-state index is 0. The zero-order valence-corrected chi connectivity index (χ0v) is 12.9. The molecule has 3 rings (SSSR count). The molecule has 2 N–H and O–H groups in total. The second kappa shape index (κ2) is 7.40. The van der Waals surface area contributed by atoms with Crippen LogP contribution in [0, 0.1) is 0 Å². The third kappa shape index (κ3) is 3.65. The summed E-state index contributed by atoms with van der Waals surface area (Å²) in [6.45, 7) is 3.22. The van der Waals surface area contributed by atoms with Gasteiger partial charge in [0.1, 0.15) is 6.04 Å². The molecule has 1 saturated heterocycles. The van der Waals surface area contributed by atoms with E-state index >= 15 is 0 Å². The van der Waals surface area contributed by atoms with E-state index in [0.29, 0.717) is 18.9 Å². The van der Waals surface area contributed by atoms with Gasteiger partial charge in [0.2, 0.25) is 5.91 Å². The summed E-state index contributed by atoms with van der Waals surface area (Å²) in [5.41, 5.74) is 1.65. The molecule has 6 nitrogen and oxygen atoms in total. The quantitative estimate of drug-likeness (QED) is 0.904. The number of rotatable bonds is 3. The fourth-order valence-electron chi connectivity index (χ4n) is 2.32. The summed E-state index contributed by atoms with van der Waals surface area (Å²) in [5, 5.41) is 6.05. The summed E-state index contributed by atoms with van der Waals surface area (Å²) in [6, 6.07) is 7.11. The zero-order chi connectivity index (χ0) is 14.7. The van der Waals surface area contributed by atoms with Crippen LogP contribution in [0.15, 0.2) is 41.3 Å². The second-order valence-corrected chi connectivity index (χ2v) is 4.94. The Morgan fingerprint density at radius 1 is 1.36 bits per heavy atom. The molecule has 0 aliphatic carbocycles. The van der Waals surface area contributed by atoms with Crippen molar-refractivity contribution >= 4 is 24.0 Å². The van der Waals surface area contributed by atoms with Gasteiger partial charge < -0.3 is 19.8 Å². The highest BCUT2D eigenvalue weighted by Gasteiger charge is 2.28. The number of ether oxygens (including phenoxy) is 1. The van der Waals surface area contributed by atoms with Crippen LogP contribution in [0.2, 0.25) is 0 Å². The number of morpholine rings is 1. The fourth-order valence-corrected chi connectivity index (χ4v) is 2.32. The molecule has 1 fully saturated rings. The predicted octanol–water partition coefficient (Wildman–Crippen LogP) is 2.08. The summed E-state index contributed by atoms with van der Waals surface area (Å²) in [4.78, 5) is 16.1. The number of benzene rings is 1. The summed E-state index contributed by atoms with van der Waals surface area (Å²) >= 11 is 0. The van der Waals surface area contributed by atoms with E-state index in [1.54, 1.807) is 6.20 Å². The molecule has 0 saturated carbocycles. The number of nitrogens with one attached hydrogen (secondary N) is 2. The largest absolute Gasteiger partial charge is 0.444 e. The van der Waals surface area contributed by atoms with Crippen molar-refractivity contribution in [2.45, 2.75) is 19.1 Å². The van der Waals surface area contributed by atoms with Gasteiger partial charge in [-0.3, -0.25) is 4.79 Å². The van der Waals surface area contributed by atoms with Crippen molar-refractivity contribution in [2.24, 2.45) is 0 Å². The maximum absolute atomic E-state index is 12.2. The van der Waals surface area contributed by atoms with E-state index in [2.05, 4.69) is 15.6 Å². The Balaban J connectivity index is 0.00000176. The predicted molar refractivity (Wildman–Crippen MR) is 85.0 cm³/mol. The van der Waals surface area contributed by atoms with E-state index in [-0.39, 0.29) is 30.5 Å². The highest BCUT2D eigenvalue weighted by atomic mass is 35.5. The van der Waals surface area contributed by atoms with E-state index in [4.69, 9.17) is 9.15 Å². The first-order chi connectivity index (χ1) is 10.2. The van der Waals surface area contributed by atoms with Gasteiger partial charge >= 0.3 is 0 Å². The maximum Gasteiger partial charge on any atom is 0.244 e. The molecule has 22 heavy (non-hydrogen) atoms. The highest BCUT2D eigenvalue weighted by Crippen LogP contribution is 2.21. The molecule has 2 heterocycles. The van der Waals surface area contributed by atoms with Gasteiger partial charge in [-0.25, -0.2) is 4.98 Å². The number of amides is 1. The topological polar surface area (TPSA) is 76.4 Å². The molecule has 1 aromatic carbocycles. The van der Waals surface area contributed by atoms with E-state index < -0.39 is 0 Å². The van der Waals surface area contributed by atoms with Crippen LogP contribution in [0.3, 0.4) is 0 Å². The van der Waals surface area contributed by atoms with E-state index in [1.165, 1.54) is 6.39 Å². The van der Waals surface area contributed by atoms with E-state index in [1.807, 2.05) is 31.2 Å². The molecule has 1 aliphatic heterocycles. The molecule has 7 heteroatoms. The SMILES string of the molecule is C[C@H]1OCCN[C@@H]1C(=O)Nc1ccc(-c2cnco2)cc1.Cl. The molecular weight excluding hydrogens is 306 g/mol. The van der Waals surface area contributed by atoms with Crippen LogP contribution in [-0.2, 0) is 9.53 Å². The average molecular weight is 324 g/mol. The summed E-state index contributed by atoms with van der Waals surface area (Å²) in [7, 11) is 0. The van der Waals surface area contributed by atoms with Crippen LogP contribution < -0.4 is 10.6 Å². The Labute approximate surface area is 134 Å². The lowest BCUT2D eigenvalue weighted by molar-refractivity contribution is -0.123. The lowest BCUT2D eigenvalue weighted by atomic mass is 10.1. The van der Waals surface area contributed by atoms with E-state index in [9.17, 15) is 4.79 Å². The number of oxazole rings is 1. The van der Waals surface area contributed by atoms with Crippen LogP contribution in [0.25, 0.3) is 11.3 Å². The normalized spacial score (nSPS) is 21.0. The molecule has 0 spiro atoms. The summed E-state index contributed by atoms with van der Waals surface area (Å²) < 4.78 is 10.7. The van der Waals surface area contributed by atoms with Crippen molar-refractivity contribution in [1.82, 2.24) is 10.3 Å². The van der Waals surface area contributed by atoms with E-state index in [0.717, 1.165) is 11.3 Å². The third-order valence-electron chi connectivity index (χ3n) is 3.47. The van der Waals surface area contributed by atoms with Crippen molar-refractivity contribution < 1.29 is 13.9 Å². The summed E-state index contributed by atoms with van der Waals surface area (Å²) in [6.07, 6.45) is 2.91. The van der Waals surface area contributed by atoms with Crippen LogP contribution in [0.4, 0.5) is 5.69 Å². The number of carbonyl (C=O) groups excluding carboxylic acids is 1. The summed E-state index contributed by atoms with van der Waals surface area (Å²) in [5.74, 6) is 0.610. The minimum Gasteiger partial charge on any atom is -0.444 e. The van der Waals surface area contributed by atoms with Crippen molar-refractivity contribution in [2.75, 3.05) is 18.5 Å². The van der Waals surface area contributed by atoms with Crippen LogP contribution >= 0.6 is 12.4 Å². The molecule has 1 aliphatic rings. The lowest BCUT2D eigenvalue weighted by Gasteiger charge is -2.29. The van der Waals surface area contributed by atoms with Crippen LogP contribution in [0.5, 0.6) is 0 Å². The van der Waals surface area contributed by atoms with Crippen LogP contribution in [0.1, 0.15) is 6.92 Å². The molecule has 0 bridgehead atoms. The van der Waals surface area contributed by atoms with Crippen molar-refractivity contribution in [3.63, 3.8) is 0 Å². The smallest absolute Gasteiger partial charge is 0.244 e. The number of hydrogen-bond donors (Lipinski definition) is 2. The molecule has 2 atom stereocenters. The van der Waals surface area contributed by atoms with Gasteiger partial charge in [0.15, 0.2) is 12.2 Å². The standard InChI is InChI=1S/C15H17N3O3.ClH/c1-10-14(17-6-7-20-10)15(19)18-12-4-2-11(3-5-12)13-8-16-9-21-13;/h2-5,8-10,14,17H,6-7H2,1H3,(H,18,19);1H/t10-,14+;/m1./s1. The molecule has 118 valence electrons. The Morgan fingerprint density at radius 3 is 2.77 bits per heavy atom. The molecule has 0 unspecified atom stereocenters. The minimum atomic E-state index is -0.326. The first-order valence-electron chi connectivity index (χ1n) is 6.89. The van der Waals surface area contributed by atoms with Gasteiger partial charge in [0.05, 0.1) is 18.9 Å². The first-order valence-corrected chi connectivity index (χ1v) is 6.89. The number of anilines is 1. The van der Waals surface area contributed by atoms with Crippen LogP contribution in [-0.4, -0.2) is 36.2 Å². The lowest BCUT2D eigenvalue weighted by Crippen LogP contribution is -2.53. The molecular formula is C15H18ClN3O3. The molecule has 1 amide bonds. The Hall–Kier alpha value is -1.89. The number of nitrogens with zero attached hydrogens (tertiary/aromatic N) is 1. The number of hydrogen-bond acceptors (Lipinski definition) is 5. The second-order valence-electron chi connectivity index (χ2n) is 4.94. The van der Waals surface area contributed by atoms with Crippen molar-refractivity contribution in [3.05, 3.63) is 36.9 Å². The molecule has 0 radical (unpaired) electrons. The Kier molecular flexibility index (Phi) is 5.54. The van der Waals surface area contributed by atoms with Gasteiger partial charge in [0, 0.05) is 17.8 Å². The van der Waals surface area contributed by atoms with Gasteiger partial charge in [-0.05, 0) is 31.2 Å². The van der Waals surface area contributed by atoms with Gasteiger partial charge in [-0.1, -0.05) is 0 Å². The highest BCUT2D eigenvalue weighted by molar-refractivity contribution is 5.95. The van der Waals surface area contributed by atoms with Gasteiger partial charge in [0.25, 0.3) is 0 Å². The van der Waals surface area contributed by atoms with Gasteiger partial charge in [-0.2, -0.15) is 0 Å². The number of aromatic nitrogens is 1. The first kappa shape index (κ1) is 16.5. The maximum atomic E-state index is 12.2. The third-order valence-corrected chi connectivity index (χ3v) is 3.47.